The molecule has 1 aromatic rings. The summed E-state index contributed by atoms with van der Waals surface area (Å²) in [7, 11) is 0. The number of nitrogens with zero attached hydrogens (tertiary/aromatic N) is 2. The molecule has 6 nitrogen and oxygen atoms in total. The molecule has 0 radical (unpaired) electrons. The third kappa shape index (κ3) is 1.53. The molecular formula is C8H12N2O4. The molecule has 0 saturated carbocycles. The van der Waals surface area contributed by atoms with E-state index in [0.717, 1.165) is 0 Å². The van der Waals surface area contributed by atoms with Gasteiger partial charge in [-0.2, -0.15) is 0 Å². The lowest BCUT2D eigenvalue weighted by atomic mass is 10.0. The van der Waals surface area contributed by atoms with Crippen molar-refractivity contribution in [2.75, 3.05) is 6.61 Å². The third-order valence-corrected chi connectivity index (χ3v) is 2.29. The van der Waals surface area contributed by atoms with Gasteiger partial charge < -0.3 is 24.6 Å². The third-order valence-electron chi connectivity index (χ3n) is 2.29. The molecule has 0 aliphatic carbocycles. The fourth-order valence-electron chi connectivity index (χ4n) is 1.47. The van der Waals surface area contributed by atoms with E-state index >= 15 is 0 Å². The summed E-state index contributed by atoms with van der Waals surface area (Å²) < 4.78 is 6.72. The van der Waals surface area contributed by atoms with Gasteiger partial charge in [0.05, 0.1) is 12.9 Å². The van der Waals surface area contributed by atoms with Crippen molar-refractivity contribution in [1.29, 1.82) is 0 Å². The standard InChI is InChI=1S/C8H12N2O4/c11-5-3-14-8(7(13)6(5)12)10-2-1-9-4-10/h1-2,4-8,11-13H,3H2/t5-,6+,7+,8+/m1/s1. The summed E-state index contributed by atoms with van der Waals surface area (Å²) in [5.41, 5.74) is 0. The Morgan fingerprint density at radius 3 is 2.71 bits per heavy atom. The molecule has 0 spiro atoms. The van der Waals surface area contributed by atoms with Gasteiger partial charge in [-0.3, -0.25) is 0 Å². The van der Waals surface area contributed by atoms with E-state index in [1.165, 1.54) is 6.33 Å². The Morgan fingerprint density at radius 1 is 1.29 bits per heavy atom. The first-order valence-corrected chi connectivity index (χ1v) is 4.33. The molecular weight excluding hydrogens is 188 g/mol. The van der Waals surface area contributed by atoms with Gasteiger partial charge in [-0.25, -0.2) is 4.98 Å². The van der Waals surface area contributed by atoms with E-state index in [-0.39, 0.29) is 6.61 Å². The molecule has 1 aliphatic rings. The van der Waals surface area contributed by atoms with Crippen molar-refractivity contribution in [2.24, 2.45) is 0 Å². The first-order valence-electron chi connectivity index (χ1n) is 4.33. The maximum absolute atomic E-state index is 9.60. The molecule has 1 aromatic heterocycles. The number of aliphatic hydroxyl groups is 3. The van der Waals surface area contributed by atoms with E-state index in [4.69, 9.17) is 4.74 Å². The summed E-state index contributed by atoms with van der Waals surface area (Å²) in [5.74, 6) is 0. The van der Waals surface area contributed by atoms with E-state index in [1.807, 2.05) is 0 Å². The van der Waals surface area contributed by atoms with E-state index in [1.54, 1.807) is 17.0 Å². The lowest BCUT2D eigenvalue weighted by Gasteiger charge is -2.35. The molecule has 0 bridgehead atoms. The van der Waals surface area contributed by atoms with Gasteiger partial charge >= 0.3 is 0 Å². The van der Waals surface area contributed by atoms with Gasteiger partial charge in [-0.05, 0) is 0 Å². The number of hydrogen-bond donors (Lipinski definition) is 3. The summed E-state index contributed by atoms with van der Waals surface area (Å²) in [6, 6.07) is 0. The Morgan fingerprint density at radius 2 is 2.07 bits per heavy atom. The molecule has 6 heteroatoms. The predicted octanol–water partition coefficient (Wildman–Crippen LogP) is -1.51. The van der Waals surface area contributed by atoms with Crippen LogP contribution in [-0.2, 0) is 4.74 Å². The second-order valence-electron chi connectivity index (χ2n) is 3.28. The maximum atomic E-state index is 9.60. The average molecular weight is 200 g/mol. The van der Waals surface area contributed by atoms with Crippen LogP contribution in [0.15, 0.2) is 18.7 Å². The minimum atomic E-state index is -1.18. The zero-order chi connectivity index (χ0) is 10.1. The molecule has 78 valence electrons. The molecule has 1 aliphatic heterocycles. The number of ether oxygens (including phenoxy) is 1. The topological polar surface area (TPSA) is 87.7 Å². The smallest absolute Gasteiger partial charge is 0.163 e. The van der Waals surface area contributed by atoms with Gasteiger partial charge in [0.25, 0.3) is 0 Å². The zero-order valence-corrected chi connectivity index (χ0v) is 7.39. The minimum Gasteiger partial charge on any atom is -0.388 e. The molecule has 1 fully saturated rings. The minimum absolute atomic E-state index is 0.00106. The summed E-state index contributed by atoms with van der Waals surface area (Å²) in [5, 5.41) is 28.2. The normalized spacial score (nSPS) is 38.5. The van der Waals surface area contributed by atoms with Crippen molar-refractivity contribution < 1.29 is 20.1 Å². The van der Waals surface area contributed by atoms with Gasteiger partial charge in [0.15, 0.2) is 6.23 Å². The monoisotopic (exact) mass is 200 g/mol. The van der Waals surface area contributed by atoms with Gasteiger partial charge in [0.1, 0.15) is 18.3 Å². The molecule has 0 unspecified atom stereocenters. The fraction of sp³-hybridized carbons (Fsp3) is 0.625. The number of aromatic nitrogens is 2. The lowest BCUT2D eigenvalue weighted by molar-refractivity contribution is -0.210. The van der Waals surface area contributed by atoms with Gasteiger partial charge in [0.2, 0.25) is 0 Å². The Labute approximate surface area is 80.4 Å². The van der Waals surface area contributed by atoms with Crippen LogP contribution in [0.3, 0.4) is 0 Å². The van der Waals surface area contributed by atoms with E-state index in [0.29, 0.717) is 0 Å². The SMILES string of the molecule is O[C@@H]1[C@H](O)[C@@H](n2ccnc2)OC[C@H]1O. The molecule has 14 heavy (non-hydrogen) atoms. The van der Waals surface area contributed by atoms with Crippen molar-refractivity contribution in [2.45, 2.75) is 24.5 Å². The number of rotatable bonds is 1. The van der Waals surface area contributed by atoms with Crippen molar-refractivity contribution in [1.82, 2.24) is 9.55 Å². The van der Waals surface area contributed by atoms with E-state index < -0.39 is 24.5 Å². The van der Waals surface area contributed by atoms with Crippen molar-refractivity contribution in [3.05, 3.63) is 18.7 Å². The highest BCUT2D eigenvalue weighted by atomic mass is 16.5. The van der Waals surface area contributed by atoms with Crippen molar-refractivity contribution >= 4 is 0 Å². The van der Waals surface area contributed by atoms with Crippen molar-refractivity contribution in [3.63, 3.8) is 0 Å². The summed E-state index contributed by atoms with van der Waals surface area (Å²) in [4.78, 5) is 3.80. The van der Waals surface area contributed by atoms with Crippen LogP contribution in [0.4, 0.5) is 0 Å². The largest absolute Gasteiger partial charge is 0.388 e. The summed E-state index contributed by atoms with van der Waals surface area (Å²) in [6.45, 7) is 0.00106. The molecule has 2 rings (SSSR count). The number of aliphatic hydroxyl groups excluding tert-OH is 3. The lowest BCUT2D eigenvalue weighted by Crippen LogP contribution is -2.50. The molecule has 3 N–H and O–H groups in total. The van der Waals surface area contributed by atoms with Gasteiger partial charge in [0, 0.05) is 12.4 Å². The first kappa shape index (κ1) is 9.60. The molecule has 1 saturated heterocycles. The predicted molar refractivity (Wildman–Crippen MR) is 45.2 cm³/mol. The Balaban J connectivity index is 2.14. The van der Waals surface area contributed by atoms with Crippen LogP contribution in [0.25, 0.3) is 0 Å². The van der Waals surface area contributed by atoms with Crippen LogP contribution < -0.4 is 0 Å². The average Bonchev–Trinajstić information content (AvgIpc) is 2.67. The fourth-order valence-corrected chi connectivity index (χ4v) is 1.47. The quantitative estimate of drug-likeness (QED) is 0.513. The zero-order valence-electron chi connectivity index (χ0n) is 7.39. The Bertz CT molecular complexity index is 290. The van der Waals surface area contributed by atoms with Crippen LogP contribution in [0.5, 0.6) is 0 Å². The van der Waals surface area contributed by atoms with Crippen LogP contribution in [-0.4, -0.2) is 49.8 Å². The van der Waals surface area contributed by atoms with Crippen LogP contribution in [0, 0.1) is 0 Å². The number of imidazole rings is 1. The van der Waals surface area contributed by atoms with Crippen LogP contribution in [0.1, 0.15) is 6.23 Å². The highest BCUT2D eigenvalue weighted by molar-refractivity contribution is 4.88. The Kier molecular flexibility index (Phi) is 2.51. The van der Waals surface area contributed by atoms with Crippen LogP contribution in [0.2, 0.25) is 0 Å². The second-order valence-corrected chi connectivity index (χ2v) is 3.28. The molecule has 4 atom stereocenters. The second kappa shape index (κ2) is 3.66. The summed E-state index contributed by atoms with van der Waals surface area (Å²) in [6.07, 6.45) is 0.606. The highest BCUT2D eigenvalue weighted by Gasteiger charge is 2.38. The molecule has 0 amide bonds. The maximum Gasteiger partial charge on any atom is 0.163 e. The van der Waals surface area contributed by atoms with Crippen LogP contribution >= 0.6 is 0 Å². The number of hydrogen-bond acceptors (Lipinski definition) is 5. The van der Waals surface area contributed by atoms with Gasteiger partial charge in [-0.15, -0.1) is 0 Å². The first-order chi connectivity index (χ1) is 6.70. The van der Waals surface area contributed by atoms with E-state index in [9.17, 15) is 15.3 Å². The molecule has 0 aromatic carbocycles. The molecule has 2 heterocycles. The van der Waals surface area contributed by atoms with E-state index in [2.05, 4.69) is 4.98 Å². The van der Waals surface area contributed by atoms with Crippen molar-refractivity contribution in [3.8, 4) is 0 Å². The summed E-state index contributed by atoms with van der Waals surface area (Å²) >= 11 is 0. The van der Waals surface area contributed by atoms with Gasteiger partial charge in [-0.1, -0.05) is 0 Å². The Hall–Kier alpha value is -0.950. The highest BCUT2D eigenvalue weighted by Crippen LogP contribution is 2.23.